The lowest BCUT2D eigenvalue weighted by molar-refractivity contribution is -0.143. The third kappa shape index (κ3) is 2.57. The average Bonchev–Trinajstić information content (AvgIpc) is 3.05. The first kappa shape index (κ1) is 15.7. The largest absolute Gasteiger partial charge is 0.496 e. The van der Waals surface area contributed by atoms with Gasteiger partial charge < -0.3 is 14.5 Å². The molecule has 2 N–H and O–H groups in total. The highest BCUT2D eigenvalue weighted by molar-refractivity contribution is 5.87. The van der Waals surface area contributed by atoms with Crippen LogP contribution in [-0.2, 0) is 16.0 Å². The van der Waals surface area contributed by atoms with Crippen LogP contribution in [0.2, 0.25) is 0 Å². The Hall–Kier alpha value is -2.79. The Morgan fingerprint density at radius 3 is 2.64 bits per heavy atom. The molecule has 1 aromatic heterocycles. The van der Waals surface area contributed by atoms with Crippen molar-refractivity contribution in [2.75, 3.05) is 14.2 Å². The second-order valence-electron chi connectivity index (χ2n) is 6.18. The molecule has 2 atom stereocenters. The highest BCUT2D eigenvalue weighted by Crippen LogP contribution is 2.38. The molecule has 25 heavy (non-hydrogen) atoms. The minimum atomic E-state index is -0.397. The maximum absolute atomic E-state index is 12.2. The number of esters is 1. The van der Waals surface area contributed by atoms with E-state index in [1.54, 1.807) is 7.11 Å². The smallest absolute Gasteiger partial charge is 0.323 e. The lowest BCUT2D eigenvalue weighted by atomic mass is 9.90. The minimum Gasteiger partial charge on any atom is -0.496 e. The van der Waals surface area contributed by atoms with Crippen molar-refractivity contribution >= 4 is 16.9 Å². The number of aromatic amines is 1. The Labute approximate surface area is 146 Å². The van der Waals surface area contributed by atoms with Crippen LogP contribution in [0.4, 0.5) is 0 Å². The summed E-state index contributed by atoms with van der Waals surface area (Å²) in [6, 6.07) is 15.5. The van der Waals surface area contributed by atoms with Gasteiger partial charge in [-0.1, -0.05) is 36.4 Å². The first-order chi connectivity index (χ1) is 12.2. The molecule has 5 nitrogen and oxygen atoms in total. The summed E-state index contributed by atoms with van der Waals surface area (Å²) < 4.78 is 10.5. The molecule has 2 aromatic carbocycles. The van der Waals surface area contributed by atoms with Gasteiger partial charge in [0.05, 0.1) is 20.3 Å². The normalized spacial score (nSPS) is 19.4. The SMILES string of the molecule is COC(=O)[C@@H]1Cc2c([nH]c3ccccc23)[C@H](c2ccccc2OC)N1. The first-order valence-electron chi connectivity index (χ1n) is 8.29. The van der Waals surface area contributed by atoms with Gasteiger partial charge in [-0.15, -0.1) is 0 Å². The number of benzene rings is 2. The number of rotatable bonds is 3. The Bertz CT molecular complexity index is 932. The second kappa shape index (κ2) is 6.26. The standard InChI is InChI=1S/C20H20N2O3/c1-24-17-10-6-4-8-13(17)18-19-14(11-16(22-18)20(23)25-2)12-7-3-5-9-15(12)21-19/h3-10,16,18,21-22H,11H2,1-2H3/t16-,18-/m0/s1. The summed E-state index contributed by atoms with van der Waals surface area (Å²) in [5.74, 6) is 0.533. The topological polar surface area (TPSA) is 63.4 Å². The number of hydrogen-bond acceptors (Lipinski definition) is 4. The highest BCUT2D eigenvalue weighted by atomic mass is 16.5. The molecule has 0 fully saturated rings. The van der Waals surface area contributed by atoms with Crippen LogP contribution in [0.1, 0.15) is 22.9 Å². The molecule has 0 saturated heterocycles. The summed E-state index contributed by atoms with van der Waals surface area (Å²) in [7, 11) is 3.08. The summed E-state index contributed by atoms with van der Waals surface area (Å²) in [5, 5.41) is 4.57. The van der Waals surface area contributed by atoms with Crippen molar-refractivity contribution in [2.45, 2.75) is 18.5 Å². The molecule has 5 heteroatoms. The van der Waals surface area contributed by atoms with Crippen LogP contribution in [0, 0.1) is 0 Å². The van der Waals surface area contributed by atoms with Crippen molar-refractivity contribution < 1.29 is 14.3 Å². The van der Waals surface area contributed by atoms with E-state index in [0.29, 0.717) is 6.42 Å². The van der Waals surface area contributed by atoms with Gasteiger partial charge in [0, 0.05) is 28.6 Å². The zero-order valence-electron chi connectivity index (χ0n) is 14.2. The molecule has 2 heterocycles. The number of methoxy groups -OCH3 is 2. The van der Waals surface area contributed by atoms with Crippen molar-refractivity contribution in [2.24, 2.45) is 0 Å². The molecule has 0 radical (unpaired) electrons. The number of H-pyrrole nitrogens is 1. The minimum absolute atomic E-state index is 0.170. The summed E-state index contributed by atoms with van der Waals surface area (Å²) >= 11 is 0. The first-order valence-corrected chi connectivity index (χ1v) is 8.29. The Balaban J connectivity index is 1.90. The second-order valence-corrected chi connectivity index (χ2v) is 6.18. The van der Waals surface area contributed by atoms with Crippen molar-refractivity contribution in [3.63, 3.8) is 0 Å². The molecule has 1 aliphatic rings. The van der Waals surface area contributed by atoms with E-state index < -0.39 is 6.04 Å². The van der Waals surface area contributed by atoms with Gasteiger partial charge in [0.2, 0.25) is 0 Å². The zero-order valence-corrected chi connectivity index (χ0v) is 14.2. The summed E-state index contributed by atoms with van der Waals surface area (Å²) in [6.45, 7) is 0. The van der Waals surface area contributed by atoms with Crippen molar-refractivity contribution in [1.82, 2.24) is 10.3 Å². The zero-order chi connectivity index (χ0) is 17.4. The fourth-order valence-electron chi connectivity index (χ4n) is 3.68. The molecule has 0 bridgehead atoms. The van der Waals surface area contributed by atoms with Crippen LogP contribution in [-0.4, -0.2) is 31.2 Å². The number of aromatic nitrogens is 1. The van der Waals surface area contributed by atoms with E-state index in [9.17, 15) is 4.79 Å². The molecule has 0 saturated carbocycles. The number of carbonyl (C=O) groups is 1. The molecule has 1 aliphatic heterocycles. The van der Waals surface area contributed by atoms with Crippen molar-refractivity contribution in [3.8, 4) is 5.75 Å². The van der Waals surface area contributed by atoms with Crippen LogP contribution < -0.4 is 10.1 Å². The van der Waals surface area contributed by atoms with E-state index in [4.69, 9.17) is 9.47 Å². The Morgan fingerprint density at radius 2 is 1.84 bits per heavy atom. The summed E-state index contributed by atoms with van der Waals surface area (Å²) in [6.07, 6.45) is 0.595. The van der Waals surface area contributed by atoms with Gasteiger partial charge in [0.1, 0.15) is 11.8 Å². The highest BCUT2D eigenvalue weighted by Gasteiger charge is 2.35. The van der Waals surface area contributed by atoms with E-state index in [-0.39, 0.29) is 12.0 Å². The lowest BCUT2D eigenvalue weighted by Crippen LogP contribution is -2.45. The van der Waals surface area contributed by atoms with Gasteiger partial charge in [0.15, 0.2) is 0 Å². The fourth-order valence-corrected chi connectivity index (χ4v) is 3.68. The number of carbonyl (C=O) groups excluding carboxylic acids is 1. The Kier molecular flexibility index (Phi) is 3.93. The molecule has 4 rings (SSSR count). The summed E-state index contributed by atoms with van der Waals surface area (Å²) in [4.78, 5) is 15.8. The van der Waals surface area contributed by atoms with Gasteiger partial charge in [-0.3, -0.25) is 10.1 Å². The molecule has 128 valence electrons. The number of nitrogens with one attached hydrogen (secondary N) is 2. The van der Waals surface area contributed by atoms with Gasteiger partial charge in [0.25, 0.3) is 0 Å². The number of fused-ring (bicyclic) bond motifs is 3. The third-order valence-corrected chi connectivity index (χ3v) is 4.85. The fraction of sp³-hybridized carbons (Fsp3) is 0.250. The van der Waals surface area contributed by atoms with Crippen molar-refractivity contribution in [1.29, 1.82) is 0 Å². The molecule has 0 aliphatic carbocycles. The molecule has 0 unspecified atom stereocenters. The predicted molar refractivity (Wildman–Crippen MR) is 95.8 cm³/mol. The quantitative estimate of drug-likeness (QED) is 0.722. The molecule has 3 aromatic rings. The van der Waals surface area contributed by atoms with Crippen LogP contribution in [0.5, 0.6) is 5.75 Å². The summed E-state index contributed by atoms with van der Waals surface area (Å²) in [5.41, 5.74) is 4.29. The van der Waals surface area contributed by atoms with Crippen LogP contribution in [0.25, 0.3) is 10.9 Å². The molecular formula is C20H20N2O3. The van der Waals surface area contributed by atoms with E-state index in [0.717, 1.165) is 33.5 Å². The average molecular weight is 336 g/mol. The number of para-hydroxylation sites is 2. The van der Waals surface area contributed by atoms with Crippen LogP contribution in [0.15, 0.2) is 48.5 Å². The molecule has 0 spiro atoms. The maximum atomic E-state index is 12.2. The van der Waals surface area contributed by atoms with Gasteiger partial charge >= 0.3 is 5.97 Å². The Morgan fingerprint density at radius 1 is 1.08 bits per heavy atom. The van der Waals surface area contributed by atoms with Crippen LogP contribution >= 0.6 is 0 Å². The van der Waals surface area contributed by atoms with E-state index in [2.05, 4.69) is 22.4 Å². The monoisotopic (exact) mass is 336 g/mol. The lowest BCUT2D eigenvalue weighted by Gasteiger charge is -2.31. The predicted octanol–water partition coefficient (Wildman–Crippen LogP) is 2.95. The van der Waals surface area contributed by atoms with Gasteiger partial charge in [-0.05, 0) is 17.7 Å². The molecular weight excluding hydrogens is 316 g/mol. The van der Waals surface area contributed by atoms with Gasteiger partial charge in [-0.25, -0.2) is 0 Å². The molecule has 0 amide bonds. The number of hydrogen-bond donors (Lipinski definition) is 2. The maximum Gasteiger partial charge on any atom is 0.323 e. The van der Waals surface area contributed by atoms with E-state index in [1.165, 1.54) is 7.11 Å². The third-order valence-electron chi connectivity index (χ3n) is 4.85. The number of ether oxygens (including phenoxy) is 2. The van der Waals surface area contributed by atoms with Crippen molar-refractivity contribution in [3.05, 3.63) is 65.4 Å². The van der Waals surface area contributed by atoms with Crippen LogP contribution in [0.3, 0.4) is 0 Å². The van der Waals surface area contributed by atoms with E-state index >= 15 is 0 Å². The van der Waals surface area contributed by atoms with E-state index in [1.807, 2.05) is 36.4 Å². The van der Waals surface area contributed by atoms with Gasteiger partial charge in [-0.2, -0.15) is 0 Å².